The van der Waals surface area contributed by atoms with Crippen molar-refractivity contribution in [2.24, 2.45) is 0 Å². The molecular formula is C17H21N3O3. The Kier molecular flexibility index (Phi) is 4.09. The zero-order valence-electron chi connectivity index (χ0n) is 13.7. The maximum absolute atomic E-state index is 12.9. The van der Waals surface area contributed by atoms with Crippen molar-refractivity contribution in [3.8, 4) is 5.75 Å². The zero-order chi connectivity index (χ0) is 16.4. The summed E-state index contributed by atoms with van der Waals surface area (Å²) in [6.45, 7) is 5.60. The minimum atomic E-state index is -0.442. The Labute approximate surface area is 135 Å². The lowest BCUT2D eigenvalue weighted by Crippen LogP contribution is -2.49. The highest BCUT2D eigenvalue weighted by atomic mass is 16.5. The molecule has 1 aromatic carbocycles. The molecule has 0 N–H and O–H groups in total. The van der Waals surface area contributed by atoms with E-state index in [2.05, 4.69) is 5.10 Å². The second-order valence-electron chi connectivity index (χ2n) is 6.18. The van der Waals surface area contributed by atoms with Crippen LogP contribution < -0.4 is 9.64 Å². The fourth-order valence-electron chi connectivity index (χ4n) is 2.67. The van der Waals surface area contributed by atoms with E-state index in [4.69, 9.17) is 9.47 Å². The predicted molar refractivity (Wildman–Crippen MR) is 86.9 cm³/mol. The van der Waals surface area contributed by atoms with Crippen LogP contribution >= 0.6 is 0 Å². The smallest absolute Gasteiger partial charge is 0.279 e. The number of para-hydroxylation sites is 2. The number of amides is 1. The number of carbonyl (C=O) groups is 1. The van der Waals surface area contributed by atoms with Crippen LogP contribution in [0.3, 0.4) is 0 Å². The van der Waals surface area contributed by atoms with E-state index < -0.39 is 5.60 Å². The summed E-state index contributed by atoms with van der Waals surface area (Å²) >= 11 is 0. The molecule has 0 bridgehead atoms. The average Bonchev–Trinajstić information content (AvgIpc) is 2.99. The van der Waals surface area contributed by atoms with Crippen LogP contribution in [-0.4, -0.2) is 41.6 Å². The Morgan fingerprint density at radius 1 is 1.35 bits per heavy atom. The molecule has 1 amide bonds. The van der Waals surface area contributed by atoms with Crippen LogP contribution in [0.4, 0.5) is 5.69 Å². The van der Waals surface area contributed by atoms with Crippen molar-refractivity contribution in [1.82, 2.24) is 9.78 Å². The maximum Gasteiger partial charge on any atom is 0.279 e. The first kappa shape index (κ1) is 15.6. The first-order valence-electron chi connectivity index (χ1n) is 7.62. The quantitative estimate of drug-likeness (QED) is 0.869. The molecule has 23 heavy (non-hydrogen) atoms. The van der Waals surface area contributed by atoms with Gasteiger partial charge in [-0.05, 0) is 32.0 Å². The minimum absolute atomic E-state index is 0.120. The predicted octanol–water partition coefficient (Wildman–Crippen LogP) is 2.35. The molecule has 1 aromatic heterocycles. The molecule has 2 heterocycles. The number of hydrogen-bond donors (Lipinski definition) is 0. The van der Waals surface area contributed by atoms with Gasteiger partial charge in [-0.25, -0.2) is 0 Å². The molecule has 0 spiro atoms. The summed E-state index contributed by atoms with van der Waals surface area (Å²) in [7, 11) is 1.64. The third kappa shape index (κ3) is 3.22. The molecule has 0 fully saturated rings. The number of aromatic nitrogens is 2. The molecule has 0 saturated carbocycles. The molecule has 0 atom stereocenters. The average molecular weight is 315 g/mol. The Bertz CT molecular complexity index is 709. The first-order chi connectivity index (χ1) is 11.0. The topological polar surface area (TPSA) is 56.6 Å². The number of rotatable bonds is 4. The standard InChI is InChI=1S/C17H21N3O3/c1-17(2)12-20(14-6-4-5-7-15(14)23-17)16(21)13-8-9-19(18-13)10-11-22-3/h4-9H,10-12H2,1-3H3. The summed E-state index contributed by atoms with van der Waals surface area (Å²) in [5.74, 6) is 0.598. The zero-order valence-corrected chi connectivity index (χ0v) is 13.7. The fraction of sp³-hybridized carbons (Fsp3) is 0.412. The van der Waals surface area contributed by atoms with Gasteiger partial charge in [0.05, 0.1) is 25.4 Å². The van der Waals surface area contributed by atoms with Gasteiger partial charge in [-0.1, -0.05) is 12.1 Å². The molecule has 122 valence electrons. The van der Waals surface area contributed by atoms with Crippen molar-refractivity contribution >= 4 is 11.6 Å². The Hall–Kier alpha value is -2.34. The molecular weight excluding hydrogens is 294 g/mol. The van der Waals surface area contributed by atoms with Gasteiger partial charge in [-0.3, -0.25) is 14.4 Å². The van der Waals surface area contributed by atoms with E-state index in [0.717, 1.165) is 11.4 Å². The highest BCUT2D eigenvalue weighted by Crippen LogP contribution is 2.37. The van der Waals surface area contributed by atoms with Gasteiger partial charge >= 0.3 is 0 Å². The van der Waals surface area contributed by atoms with E-state index in [1.807, 2.05) is 38.1 Å². The van der Waals surface area contributed by atoms with E-state index in [1.54, 1.807) is 29.0 Å². The van der Waals surface area contributed by atoms with Gasteiger partial charge in [0.25, 0.3) is 5.91 Å². The summed E-state index contributed by atoms with van der Waals surface area (Å²) in [5.41, 5.74) is 0.764. The Morgan fingerprint density at radius 2 is 2.13 bits per heavy atom. The van der Waals surface area contributed by atoms with Crippen LogP contribution in [0, 0.1) is 0 Å². The molecule has 0 saturated heterocycles. The monoisotopic (exact) mass is 315 g/mol. The summed E-state index contributed by atoms with van der Waals surface area (Å²) < 4.78 is 12.7. The van der Waals surface area contributed by atoms with Crippen molar-refractivity contribution in [2.75, 3.05) is 25.2 Å². The van der Waals surface area contributed by atoms with Gasteiger partial charge in [0.15, 0.2) is 5.69 Å². The number of hydrogen-bond acceptors (Lipinski definition) is 4. The molecule has 1 aliphatic rings. The van der Waals surface area contributed by atoms with Crippen molar-refractivity contribution in [1.29, 1.82) is 0 Å². The Balaban J connectivity index is 1.88. The number of methoxy groups -OCH3 is 1. The highest BCUT2D eigenvalue weighted by molar-refractivity contribution is 6.06. The van der Waals surface area contributed by atoms with Gasteiger partial charge in [0.1, 0.15) is 11.4 Å². The lowest BCUT2D eigenvalue weighted by molar-refractivity contribution is 0.0832. The summed E-state index contributed by atoms with van der Waals surface area (Å²) in [6, 6.07) is 9.32. The van der Waals surface area contributed by atoms with Crippen LogP contribution in [0.1, 0.15) is 24.3 Å². The molecule has 6 heteroatoms. The number of nitrogens with zero attached hydrogens (tertiary/aromatic N) is 3. The van der Waals surface area contributed by atoms with E-state index >= 15 is 0 Å². The number of carbonyl (C=O) groups excluding carboxylic acids is 1. The van der Waals surface area contributed by atoms with Gasteiger partial charge < -0.3 is 9.47 Å². The fourth-order valence-corrected chi connectivity index (χ4v) is 2.67. The largest absolute Gasteiger partial charge is 0.484 e. The molecule has 2 aromatic rings. The van der Waals surface area contributed by atoms with Gasteiger partial charge in [0.2, 0.25) is 0 Å². The van der Waals surface area contributed by atoms with Crippen LogP contribution in [0.2, 0.25) is 0 Å². The number of fused-ring (bicyclic) bond motifs is 1. The van der Waals surface area contributed by atoms with Crippen LogP contribution in [-0.2, 0) is 11.3 Å². The van der Waals surface area contributed by atoms with Crippen LogP contribution in [0.5, 0.6) is 5.75 Å². The summed E-state index contributed by atoms with van der Waals surface area (Å²) in [4.78, 5) is 14.6. The maximum atomic E-state index is 12.9. The van der Waals surface area contributed by atoms with Gasteiger partial charge in [0, 0.05) is 13.3 Å². The van der Waals surface area contributed by atoms with E-state index in [9.17, 15) is 4.79 Å². The van der Waals surface area contributed by atoms with Gasteiger partial charge in [-0.2, -0.15) is 5.10 Å². The third-order valence-electron chi connectivity index (χ3n) is 3.71. The van der Waals surface area contributed by atoms with E-state index in [-0.39, 0.29) is 5.91 Å². The van der Waals surface area contributed by atoms with Gasteiger partial charge in [-0.15, -0.1) is 0 Å². The van der Waals surface area contributed by atoms with E-state index in [1.165, 1.54) is 0 Å². The van der Waals surface area contributed by atoms with Crippen molar-refractivity contribution in [2.45, 2.75) is 26.0 Å². The van der Waals surface area contributed by atoms with Crippen molar-refractivity contribution in [3.63, 3.8) is 0 Å². The van der Waals surface area contributed by atoms with E-state index in [0.29, 0.717) is 25.4 Å². The molecule has 6 nitrogen and oxygen atoms in total. The number of ether oxygens (including phenoxy) is 2. The molecule has 3 rings (SSSR count). The normalized spacial score (nSPS) is 15.9. The first-order valence-corrected chi connectivity index (χ1v) is 7.62. The molecule has 0 aliphatic carbocycles. The van der Waals surface area contributed by atoms with Crippen LogP contribution in [0.15, 0.2) is 36.5 Å². The highest BCUT2D eigenvalue weighted by Gasteiger charge is 2.35. The minimum Gasteiger partial charge on any atom is -0.484 e. The summed E-state index contributed by atoms with van der Waals surface area (Å²) in [6.07, 6.45) is 1.80. The molecule has 0 unspecified atom stereocenters. The third-order valence-corrected chi connectivity index (χ3v) is 3.71. The molecule has 0 radical (unpaired) electrons. The summed E-state index contributed by atoms with van der Waals surface area (Å²) in [5, 5.41) is 4.35. The number of benzene rings is 1. The second kappa shape index (κ2) is 6.04. The lowest BCUT2D eigenvalue weighted by atomic mass is 10.0. The Morgan fingerprint density at radius 3 is 2.91 bits per heavy atom. The SMILES string of the molecule is COCCn1ccc(C(=O)N2CC(C)(C)Oc3ccccc32)n1. The second-order valence-corrected chi connectivity index (χ2v) is 6.18. The number of anilines is 1. The van der Waals surface area contributed by atoms with Crippen LogP contribution in [0.25, 0.3) is 0 Å². The lowest BCUT2D eigenvalue weighted by Gasteiger charge is -2.39. The van der Waals surface area contributed by atoms with Crippen molar-refractivity contribution < 1.29 is 14.3 Å². The van der Waals surface area contributed by atoms with Crippen molar-refractivity contribution in [3.05, 3.63) is 42.2 Å². The molecule has 1 aliphatic heterocycles.